The zero-order valence-electron chi connectivity index (χ0n) is 11.6. The molecule has 19 heavy (non-hydrogen) atoms. The Labute approximate surface area is 131 Å². The number of hydrogen-bond donors (Lipinski definition) is 2. The Bertz CT molecular complexity index is 385. The number of halogens is 2. The van der Waals surface area contributed by atoms with Gasteiger partial charge in [0.05, 0.1) is 6.67 Å². The average Bonchev–Trinajstić information content (AvgIpc) is 2.39. The van der Waals surface area contributed by atoms with Crippen molar-refractivity contribution >= 4 is 35.6 Å². The molecule has 5 heteroatoms. The Morgan fingerprint density at radius 2 is 1.84 bits per heavy atom. The molecule has 0 saturated heterocycles. The molecule has 3 nitrogen and oxygen atoms in total. The van der Waals surface area contributed by atoms with E-state index >= 15 is 0 Å². The van der Waals surface area contributed by atoms with Crippen LogP contribution in [-0.4, -0.2) is 19.2 Å². The van der Waals surface area contributed by atoms with Crippen LogP contribution in [0.2, 0.25) is 0 Å². The molecule has 0 radical (unpaired) electrons. The molecule has 0 spiro atoms. The average molecular weight is 379 g/mol. The summed E-state index contributed by atoms with van der Waals surface area (Å²) in [7, 11) is 0. The second-order valence-corrected chi connectivity index (χ2v) is 4.09. The van der Waals surface area contributed by atoms with Gasteiger partial charge in [0.2, 0.25) is 0 Å². The van der Waals surface area contributed by atoms with Crippen LogP contribution in [-0.2, 0) is 12.8 Å². The fourth-order valence-electron chi connectivity index (χ4n) is 1.83. The predicted octanol–water partition coefficient (Wildman–Crippen LogP) is 3.52. The van der Waals surface area contributed by atoms with Gasteiger partial charge < -0.3 is 11.1 Å². The third-order valence-corrected chi connectivity index (χ3v) is 2.83. The first-order valence-corrected chi connectivity index (χ1v) is 6.46. The van der Waals surface area contributed by atoms with Crippen LogP contribution in [0.3, 0.4) is 0 Å². The SMILES string of the molecule is CCc1cccc(CC)c1NC(N)=NCCCF.I. The van der Waals surface area contributed by atoms with Crippen molar-refractivity contribution in [3.05, 3.63) is 29.3 Å². The first-order chi connectivity index (χ1) is 8.72. The van der Waals surface area contributed by atoms with Crippen LogP contribution in [0.1, 0.15) is 31.4 Å². The minimum atomic E-state index is -0.359. The molecule has 1 aromatic carbocycles. The molecule has 0 unspecified atom stereocenters. The number of aliphatic imine (C=N–C) groups is 1. The van der Waals surface area contributed by atoms with Crippen molar-refractivity contribution in [3.63, 3.8) is 0 Å². The van der Waals surface area contributed by atoms with E-state index in [0.29, 0.717) is 18.9 Å². The first-order valence-electron chi connectivity index (χ1n) is 6.46. The molecule has 0 aliphatic rings. The van der Waals surface area contributed by atoms with Crippen LogP contribution >= 0.6 is 24.0 Å². The highest BCUT2D eigenvalue weighted by atomic mass is 127. The number of anilines is 1. The smallest absolute Gasteiger partial charge is 0.193 e. The van der Waals surface area contributed by atoms with Gasteiger partial charge in [-0.1, -0.05) is 32.0 Å². The number of nitrogens with one attached hydrogen (secondary N) is 1. The summed E-state index contributed by atoms with van der Waals surface area (Å²) in [6.07, 6.45) is 2.29. The van der Waals surface area contributed by atoms with Crippen molar-refractivity contribution < 1.29 is 4.39 Å². The maximum Gasteiger partial charge on any atom is 0.193 e. The normalized spacial score (nSPS) is 11.0. The van der Waals surface area contributed by atoms with E-state index < -0.39 is 0 Å². The second-order valence-electron chi connectivity index (χ2n) is 4.09. The van der Waals surface area contributed by atoms with Crippen LogP contribution in [0, 0.1) is 0 Å². The number of para-hydroxylation sites is 1. The highest BCUT2D eigenvalue weighted by Gasteiger charge is 2.06. The summed E-state index contributed by atoms with van der Waals surface area (Å²) >= 11 is 0. The zero-order chi connectivity index (χ0) is 13.4. The lowest BCUT2D eigenvalue weighted by atomic mass is 10.0. The van der Waals surface area contributed by atoms with Crippen LogP contribution in [0.4, 0.5) is 10.1 Å². The maximum atomic E-state index is 12.0. The third-order valence-electron chi connectivity index (χ3n) is 2.83. The van der Waals surface area contributed by atoms with Gasteiger partial charge in [-0.2, -0.15) is 0 Å². The van der Waals surface area contributed by atoms with Crippen molar-refractivity contribution in [1.82, 2.24) is 0 Å². The van der Waals surface area contributed by atoms with Crippen LogP contribution < -0.4 is 11.1 Å². The third kappa shape index (κ3) is 5.76. The highest BCUT2D eigenvalue weighted by Crippen LogP contribution is 2.22. The molecule has 0 saturated carbocycles. The van der Waals surface area contributed by atoms with Gasteiger partial charge in [0.1, 0.15) is 0 Å². The van der Waals surface area contributed by atoms with Crippen LogP contribution in [0.25, 0.3) is 0 Å². The van der Waals surface area contributed by atoms with E-state index in [1.54, 1.807) is 0 Å². The number of aryl methyl sites for hydroxylation is 2. The number of rotatable bonds is 6. The molecular formula is C14H23FIN3. The number of alkyl halides is 1. The van der Waals surface area contributed by atoms with E-state index in [1.165, 1.54) is 11.1 Å². The number of benzene rings is 1. The van der Waals surface area contributed by atoms with Gasteiger partial charge in [0.15, 0.2) is 5.96 Å². The zero-order valence-corrected chi connectivity index (χ0v) is 13.9. The molecule has 0 heterocycles. The number of hydrogen-bond acceptors (Lipinski definition) is 1. The van der Waals surface area contributed by atoms with Crippen molar-refractivity contribution in [2.45, 2.75) is 33.1 Å². The van der Waals surface area contributed by atoms with Gasteiger partial charge >= 0.3 is 0 Å². The molecule has 0 fully saturated rings. The molecule has 0 bridgehead atoms. The monoisotopic (exact) mass is 379 g/mol. The Kier molecular flexibility index (Phi) is 9.55. The molecule has 0 aliphatic heterocycles. The van der Waals surface area contributed by atoms with Gasteiger partial charge in [0, 0.05) is 12.2 Å². The minimum absolute atomic E-state index is 0. The quantitative estimate of drug-likeness (QED) is 0.344. The van der Waals surface area contributed by atoms with Crippen LogP contribution in [0.5, 0.6) is 0 Å². The molecule has 0 amide bonds. The van der Waals surface area contributed by atoms with E-state index in [0.717, 1.165) is 18.5 Å². The molecule has 108 valence electrons. The Hall–Kier alpha value is -0.850. The number of nitrogens with two attached hydrogens (primary N) is 1. The van der Waals surface area contributed by atoms with E-state index in [9.17, 15) is 4.39 Å². The lowest BCUT2D eigenvalue weighted by Crippen LogP contribution is -2.24. The molecule has 0 aliphatic carbocycles. The standard InChI is InChI=1S/C14H22FN3.HI/c1-3-11-7-5-8-12(4-2)13(11)18-14(16)17-10-6-9-15;/h5,7-8H,3-4,6,9-10H2,1-2H3,(H3,16,17,18);1H. The Balaban J connectivity index is 0.00000324. The van der Waals surface area contributed by atoms with Crippen molar-refractivity contribution in [1.29, 1.82) is 0 Å². The summed E-state index contributed by atoms with van der Waals surface area (Å²) in [5.41, 5.74) is 9.30. The van der Waals surface area contributed by atoms with Crippen molar-refractivity contribution in [3.8, 4) is 0 Å². The van der Waals surface area contributed by atoms with E-state index in [-0.39, 0.29) is 30.7 Å². The Morgan fingerprint density at radius 1 is 1.26 bits per heavy atom. The summed E-state index contributed by atoms with van der Waals surface area (Å²) in [4.78, 5) is 4.10. The number of nitrogens with zero attached hydrogens (tertiary/aromatic N) is 1. The molecule has 3 N–H and O–H groups in total. The van der Waals surface area contributed by atoms with Crippen molar-refractivity contribution in [2.24, 2.45) is 10.7 Å². The number of guanidine groups is 1. The summed E-state index contributed by atoms with van der Waals surface area (Å²) in [5.74, 6) is 0.360. The van der Waals surface area contributed by atoms with Gasteiger partial charge in [-0.25, -0.2) is 0 Å². The highest BCUT2D eigenvalue weighted by molar-refractivity contribution is 14.0. The molecule has 1 rings (SSSR count). The van der Waals surface area contributed by atoms with E-state index in [2.05, 4.69) is 42.4 Å². The van der Waals surface area contributed by atoms with Gasteiger partial charge in [-0.05, 0) is 30.4 Å². The second kappa shape index (κ2) is 10.00. The lowest BCUT2D eigenvalue weighted by Gasteiger charge is -2.14. The fourth-order valence-corrected chi connectivity index (χ4v) is 1.83. The summed E-state index contributed by atoms with van der Waals surface area (Å²) < 4.78 is 12.0. The Morgan fingerprint density at radius 3 is 2.32 bits per heavy atom. The lowest BCUT2D eigenvalue weighted by molar-refractivity contribution is 0.477. The largest absolute Gasteiger partial charge is 0.370 e. The van der Waals surface area contributed by atoms with Crippen molar-refractivity contribution in [2.75, 3.05) is 18.5 Å². The van der Waals surface area contributed by atoms with Gasteiger partial charge in [-0.15, -0.1) is 24.0 Å². The van der Waals surface area contributed by atoms with E-state index in [1.807, 2.05) is 0 Å². The van der Waals surface area contributed by atoms with Gasteiger partial charge in [-0.3, -0.25) is 9.38 Å². The maximum absolute atomic E-state index is 12.0. The molecule has 0 aromatic heterocycles. The fraction of sp³-hybridized carbons (Fsp3) is 0.500. The summed E-state index contributed by atoms with van der Waals surface area (Å²) in [6, 6.07) is 6.21. The molecular weight excluding hydrogens is 356 g/mol. The predicted molar refractivity (Wildman–Crippen MR) is 91.3 cm³/mol. The molecule has 1 aromatic rings. The van der Waals surface area contributed by atoms with E-state index in [4.69, 9.17) is 5.73 Å². The summed E-state index contributed by atoms with van der Waals surface area (Å²) in [5, 5.41) is 3.15. The van der Waals surface area contributed by atoms with Gasteiger partial charge in [0.25, 0.3) is 0 Å². The first kappa shape index (κ1) is 18.1. The topological polar surface area (TPSA) is 50.4 Å². The van der Waals surface area contributed by atoms with Crippen LogP contribution in [0.15, 0.2) is 23.2 Å². The minimum Gasteiger partial charge on any atom is -0.370 e. The summed E-state index contributed by atoms with van der Waals surface area (Å²) in [6.45, 7) is 4.28. The molecule has 0 atom stereocenters.